The van der Waals surface area contributed by atoms with Crippen molar-refractivity contribution < 1.29 is 9.20 Å². The molecule has 15 heavy (non-hydrogen) atoms. The molecule has 6 nitrogen and oxygen atoms in total. The number of hydrogen-bond acceptors (Lipinski definition) is 4. The summed E-state index contributed by atoms with van der Waals surface area (Å²) in [6.07, 6.45) is 2.79. The van der Waals surface area contributed by atoms with E-state index in [1.165, 1.54) is 17.1 Å². The van der Waals surface area contributed by atoms with Gasteiger partial charge in [0.2, 0.25) is 5.69 Å². The Hall–Kier alpha value is -2.37. The second kappa shape index (κ2) is 3.79. The molecule has 76 valence electrons. The van der Waals surface area contributed by atoms with E-state index in [9.17, 15) is 4.79 Å². The molecule has 0 atom stereocenters. The molecule has 1 aromatic carbocycles. The molecule has 2 aromatic rings. The largest absolute Gasteiger partial charge is 0.427 e. The van der Waals surface area contributed by atoms with Gasteiger partial charge in [-0.3, -0.25) is 4.52 Å². The zero-order valence-electron chi connectivity index (χ0n) is 7.75. The molecule has 1 heterocycles. The average Bonchev–Trinajstić information content (AvgIpc) is 2.66. The minimum atomic E-state index is -0.450. The second-order valence-corrected chi connectivity index (χ2v) is 2.85. The quantitative estimate of drug-likeness (QED) is 0.301. The van der Waals surface area contributed by atoms with Crippen molar-refractivity contribution in [3.63, 3.8) is 0 Å². The van der Waals surface area contributed by atoms with Crippen LogP contribution >= 0.6 is 0 Å². The van der Waals surface area contributed by atoms with Crippen molar-refractivity contribution in [3.05, 3.63) is 46.4 Å². The van der Waals surface area contributed by atoms with E-state index in [0.29, 0.717) is 0 Å². The zero-order valence-corrected chi connectivity index (χ0v) is 7.75. The maximum absolute atomic E-state index is 10.9. The maximum Gasteiger partial charge on any atom is 0.427 e. The van der Waals surface area contributed by atoms with Gasteiger partial charge >= 0.3 is 5.63 Å². The number of para-hydroxylation sites is 1. The molecule has 6 heteroatoms. The third-order valence-corrected chi connectivity index (χ3v) is 1.89. The SMILES string of the molecule is NN=Cc1ccccc1-[n+]1cc(=O)o[nH]1. The van der Waals surface area contributed by atoms with Gasteiger partial charge in [0.1, 0.15) is 0 Å². The van der Waals surface area contributed by atoms with Crippen LogP contribution in [0.2, 0.25) is 0 Å². The van der Waals surface area contributed by atoms with E-state index in [-0.39, 0.29) is 0 Å². The Bertz CT molecular complexity index is 541. The Morgan fingerprint density at radius 1 is 1.47 bits per heavy atom. The number of nitrogens with one attached hydrogen (secondary N) is 1. The number of benzene rings is 1. The highest BCUT2D eigenvalue weighted by molar-refractivity contribution is 5.83. The Morgan fingerprint density at radius 2 is 2.27 bits per heavy atom. The first-order valence-electron chi connectivity index (χ1n) is 4.24. The van der Waals surface area contributed by atoms with E-state index in [1.807, 2.05) is 24.3 Å². The number of hydrazone groups is 1. The van der Waals surface area contributed by atoms with Gasteiger partial charge in [-0.1, -0.05) is 12.1 Å². The molecule has 0 saturated heterocycles. The monoisotopic (exact) mass is 205 g/mol. The Labute approximate surface area is 84.6 Å². The van der Waals surface area contributed by atoms with Gasteiger partial charge in [-0.15, -0.1) is 0 Å². The first-order valence-corrected chi connectivity index (χ1v) is 4.24. The lowest BCUT2D eigenvalue weighted by atomic mass is 10.2. The highest BCUT2D eigenvalue weighted by atomic mass is 16.5. The molecule has 0 bridgehead atoms. The topological polar surface area (TPSA) is 88.3 Å². The summed E-state index contributed by atoms with van der Waals surface area (Å²) in [5.74, 6) is 5.08. The third kappa shape index (κ3) is 1.78. The van der Waals surface area contributed by atoms with Crippen LogP contribution in [0.1, 0.15) is 5.56 Å². The van der Waals surface area contributed by atoms with Crippen molar-refractivity contribution in [1.82, 2.24) is 5.27 Å². The van der Waals surface area contributed by atoms with Crippen molar-refractivity contribution in [2.45, 2.75) is 0 Å². The fourth-order valence-corrected chi connectivity index (χ4v) is 1.27. The summed E-state index contributed by atoms with van der Waals surface area (Å²) in [4.78, 5) is 10.9. The molecule has 1 aromatic heterocycles. The number of hydrogen-bond donors (Lipinski definition) is 2. The van der Waals surface area contributed by atoms with Crippen molar-refractivity contribution in [3.8, 4) is 5.69 Å². The first-order chi connectivity index (χ1) is 7.31. The molecule has 2 rings (SSSR count). The molecule has 0 radical (unpaired) electrons. The number of rotatable bonds is 2. The minimum absolute atomic E-state index is 0.450. The van der Waals surface area contributed by atoms with Crippen molar-refractivity contribution in [2.24, 2.45) is 10.9 Å². The smallest absolute Gasteiger partial charge is 0.323 e. The molecule has 0 amide bonds. The normalized spacial score (nSPS) is 10.9. The van der Waals surface area contributed by atoms with Crippen LogP contribution in [0.25, 0.3) is 5.69 Å². The van der Waals surface area contributed by atoms with Crippen LogP contribution < -0.4 is 16.2 Å². The molecule has 0 saturated carbocycles. The van der Waals surface area contributed by atoms with E-state index in [4.69, 9.17) is 5.84 Å². The molecular weight excluding hydrogens is 196 g/mol. The van der Waals surface area contributed by atoms with E-state index >= 15 is 0 Å². The summed E-state index contributed by atoms with van der Waals surface area (Å²) in [7, 11) is 0. The Balaban J connectivity index is 2.56. The molecule has 3 N–H and O–H groups in total. The van der Waals surface area contributed by atoms with E-state index in [1.54, 1.807) is 0 Å². The number of nitrogens with two attached hydrogens (primary N) is 1. The average molecular weight is 205 g/mol. The molecule has 0 fully saturated rings. The van der Waals surface area contributed by atoms with Gasteiger partial charge in [0.05, 0.1) is 11.8 Å². The van der Waals surface area contributed by atoms with E-state index < -0.39 is 5.63 Å². The van der Waals surface area contributed by atoms with Crippen LogP contribution in [-0.4, -0.2) is 11.5 Å². The molecule has 0 aliphatic heterocycles. The van der Waals surface area contributed by atoms with Gasteiger partial charge in [-0.25, -0.2) is 4.79 Å². The summed E-state index contributed by atoms with van der Waals surface area (Å²) in [6, 6.07) is 7.31. The number of aromatic amines is 1. The summed E-state index contributed by atoms with van der Waals surface area (Å²) < 4.78 is 6.02. The maximum atomic E-state index is 10.9. The lowest BCUT2D eigenvalue weighted by molar-refractivity contribution is -0.670. The number of nitrogens with zero attached hydrogens (tertiary/aromatic N) is 2. The van der Waals surface area contributed by atoms with Crippen LogP contribution in [0.3, 0.4) is 0 Å². The highest BCUT2D eigenvalue weighted by Gasteiger charge is 2.13. The minimum Gasteiger partial charge on any atom is -0.323 e. The molecule has 0 aliphatic carbocycles. The zero-order chi connectivity index (χ0) is 10.7. The fraction of sp³-hybridized carbons (Fsp3) is 0. The van der Waals surface area contributed by atoms with Crippen molar-refractivity contribution >= 4 is 6.21 Å². The predicted octanol–water partition coefficient (Wildman–Crippen LogP) is -0.463. The Morgan fingerprint density at radius 3 is 2.93 bits per heavy atom. The van der Waals surface area contributed by atoms with E-state index in [2.05, 4.69) is 14.9 Å². The molecular formula is C9H9N4O2+. The first kappa shape index (κ1) is 9.20. The van der Waals surface area contributed by atoms with E-state index in [0.717, 1.165) is 11.3 Å². The Kier molecular flexibility index (Phi) is 2.32. The van der Waals surface area contributed by atoms with Crippen LogP contribution in [-0.2, 0) is 0 Å². The fourth-order valence-electron chi connectivity index (χ4n) is 1.27. The van der Waals surface area contributed by atoms with Crippen LogP contribution in [0.5, 0.6) is 0 Å². The van der Waals surface area contributed by atoms with Crippen LogP contribution in [0, 0.1) is 0 Å². The lowest BCUT2D eigenvalue weighted by Crippen LogP contribution is -2.33. The molecule has 0 unspecified atom stereocenters. The van der Waals surface area contributed by atoms with Gasteiger partial charge in [0.25, 0.3) is 6.20 Å². The second-order valence-electron chi connectivity index (χ2n) is 2.85. The lowest BCUT2D eigenvalue weighted by Gasteiger charge is -1.93. The number of H-pyrrole nitrogens is 1. The van der Waals surface area contributed by atoms with Gasteiger partial charge in [-0.2, -0.15) is 5.10 Å². The molecule has 0 spiro atoms. The van der Waals surface area contributed by atoms with Gasteiger partial charge in [0.15, 0.2) is 0 Å². The summed E-state index contributed by atoms with van der Waals surface area (Å²) in [5, 5.41) is 5.89. The van der Waals surface area contributed by atoms with Crippen LogP contribution in [0.15, 0.2) is 44.9 Å². The van der Waals surface area contributed by atoms with Crippen molar-refractivity contribution in [1.29, 1.82) is 0 Å². The summed E-state index contributed by atoms with van der Waals surface area (Å²) >= 11 is 0. The van der Waals surface area contributed by atoms with Gasteiger partial charge in [-0.05, 0) is 16.0 Å². The standard InChI is InChI=1S/C9H8N4O2/c10-11-5-7-3-1-2-4-8(7)13-6-9(14)15-12-13/h1-6H,(H2-,10,12,14)/p+1. The van der Waals surface area contributed by atoms with Gasteiger partial charge in [0, 0.05) is 6.07 Å². The highest BCUT2D eigenvalue weighted by Crippen LogP contribution is 2.03. The number of aromatic nitrogens is 2. The predicted molar refractivity (Wildman–Crippen MR) is 52.6 cm³/mol. The van der Waals surface area contributed by atoms with Gasteiger partial charge < -0.3 is 5.84 Å². The van der Waals surface area contributed by atoms with Crippen molar-refractivity contribution in [2.75, 3.05) is 0 Å². The third-order valence-electron chi connectivity index (χ3n) is 1.89. The summed E-state index contributed by atoms with van der Waals surface area (Å²) in [5.41, 5.74) is 1.06. The summed E-state index contributed by atoms with van der Waals surface area (Å²) in [6.45, 7) is 0. The van der Waals surface area contributed by atoms with Crippen LogP contribution in [0.4, 0.5) is 0 Å². The molecule has 0 aliphatic rings.